The van der Waals surface area contributed by atoms with Crippen molar-refractivity contribution in [3.05, 3.63) is 34.9 Å². The molecule has 0 bridgehead atoms. The van der Waals surface area contributed by atoms with Crippen molar-refractivity contribution in [3.8, 4) is 6.07 Å². The van der Waals surface area contributed by atoms with Crippen molar-refractivity contribution in [2.24, 2.45) is 0 Å². The van der Waals surface area contributed by atoms with Crippen molar-refractivity contribution in [1.82, 2.24) is 14.7 Å². The number of fused-ring (bicyclic) bond motifs is 1. The van der Waals surface area contributed by atoms with Crippen LogP contribution in [0.4, 0.5) is 0 Å². The van der Waals surface area contributed by atoms with Gasteiger partial charge in [-0.15, -0.1) is 0 Å². The van der Waals surface area contributed by atoms with Gasteiger partial charge in [0.25, 0.3) is 0 Å². The van der Waals surface area contributed by atoms with Gasteiger partial charge in [0.2, 0.25) is 0 Å². The van der Waals surface area contributed by atoms with E-state index in [0.29, 0.717) is 10.7 Å². The Morgan fingerprint density at radius 3 is 3.12 bits per heavy atom. The predicted molar refractivity (Wildman–Crippen MR) is 64.9 cm³/mol. The number of nitriles is 1. The lowest BCUT2D eigenvalue weighted by molar-refractivity contribution is 0.602. The van der Waals surface area contributed by atoms with E-state index in [-0.39, 0.29) is 6.04 Å². The largest absolute Gasteiger partial charge is 0.307 e. The van der Waals surface area contributed by atoms with Gasteiger partial charge in [0.15, 0.2) is 5.69 Å². The average molecular weight is 247 g/mol. The lowest BCUT2D eigenvalue weighted by atomic mass is 10.2. The quantitative estimate of drug-likeness (QED) is 0.840. The molecule has 0 aromatic carbocycles. The number of nitrogens with zero attached hydrogens (tertiary/aromatic N) is 3. The van der Waals surface area contributed by atoms with E-state index in [0.717, 1.165) is 30.7 Å². The molecule has 1 fully saturated rings. The zero-order valence-corrected chi connectivity index (χ0v) is 9.91. The minimum absolute atomic E-state index is 0.225. The molecule has 2 aromatic heterocycles. The average Bonchev–Trinajstić information content (AvgIpc) is 2.94. The molecule has 1 unspecified atom stereocenters. The summed E-state index contributed by atoms with van der Waals surface area (Å²) in [5, 5.41) is 13.1. The van der Waals surface area contributed by atoms with Crippen LogP contribution in [0.3, 0.4) is 0 Å². The molecule has 1 aliphatic rings. The fourth-order valence-electron chi connectivity index (χ4n) is 2.32. The van der Waals surface area contributed by atoms with Gasteiger partial charge in [0, 0.05) is 6.20 Å². The molecule has 17 heavy (non-hydrogen) atoms. The molecular weight excluding hydrogens is 236 g/mol. The predicted octanol–water partition coefficient (Wildman–Crippen LogP) is 2.28. The van der Waals surface area contributed by atoms with E-state index >= 15 is 0 Å². The van der Waals surface area contributed by atoms with E-state index in [1.54, 1.807) is 6.07 Å². The lowest BCUT2D eigenvalue weighted by Gasteiger charge is -2.08. The van der Waals surface area contributed by atoms with E-state index in [2.05, 4.69) is 16.4 Å². The maximum absolute atomic E-state index is 9.08. The second kappa shape index (κ2) is 4.02. The first kappa shape index (κ1) is 10.6. The van der Waals surface area contributed by atoms with E-state index in [1.807, 2.05) is 16.7 Å². The minimum atomic E-state index is 0.225. The van der Waals surface area contributed by atoms with Crippen LogP contribution in [-0.4, -0.2) is 15.9 Å². The summed E-state index contributed by atoms with van der Waals surface area (Å²) >= 11 is 6.00. The third-order valence-electron chi connectivity index (χ3n) is 3.11. The van der Waals surface area contributed by atoms with Gasteiger partial charge in [-0.1, -0.05) is 11.6 Å². The molecule has 0 saturated carbocycles. The summed E-state index contributed by atoms with van der Waals surface area (Å²) in [6.45, 7) is 1.00. The molecule has 4 nitrogen and oxygen atoms in total. The highest BCUT2D eigenvalue weighted by atomic mass is 35.5. The van der Waals surface area contributed by atoms with Crippen LogP contribution in [0.2, 0.25) is 5.02 Å². The summed E-state index contributed by atoms with van der Waals surface area (Å²) in [6.07, 6.45) is 4.01. The Hall–Kier alpha value is -1.57. The van der Waals surface area contributed by atoms with Crippen molar-refractivity contribution in [2.45, 2.75) is 18.9 Å². The fraction of sp³-hybridized carbons (Fsp3) is 0.333. The van der Waals surface area contributed by atoms with Gasteiger partial charge in [-0.2, -0.15) is 5.26 Å². The lowest BCUT2D eigenvalue weighted by Crippen LogP contribution is -2.15. The third kappa shape index (κ3) is 1.68. The Balaban J connectivity index is 2.23. The van der Waals surface area contributed by atoms with Gasteiger partial charge in [-0.3, -0.25) is 4.40 Å². The molecule has 0 aliphatic carbocycles. The van der Waals surface area contributed by atoms with Crippen molar-refractivity contribution < 1.29 is 0 Å². The molecule has 86 valence electrons. The number of hydrogen-bond donors (Lipinski definition) is 1. The normalized spacial score (nSPS) is 19.6. The fourth-order valence-corrected chi connectivity index (χ4v) is 2.48. The van der Waals surface area contributed by atoms with Gasteiger partial charge < -0.3 is 5.32 Å². The van der Waals surface area contributed by atoms with Crippen molar-refractivity contribution in [1.29, 1.82) is 5.26 Å². The molecule has 0 spiro atoms. The second-order valence-electron chi connectivity index (χ2n) is 4.18. The van der Waals surface area contributed by atoms with E-state index < -0.39 is 0 Å². The molecule has 1 saturated heterocycles. The van der Waals surface area contributed by atoms with Crippen LogP contribution in [0, 0.1) is 11.3 Å². The SMILES string of the molecule is N#Cc1nc(C2CCCN2)n2cc(Cl)ccc12. The molecule has 1 aliphatic heterocycles. The topological polar surface area (TPSA) is 53.1 Å². The molecule has 1 atom stereocenters. The van der Waals surface area contributed by atoms with Gasteiger partial charge in [0.1, 0.15) is 11.9 Å². The molecule has 2 aromatic rings. The number of pyridine rings is 1. The molecule has 0 radical (unpaired) electrons. The van der Waals surface area contributed by atoms with Crippen molar-refractivity contribution in [2.75, 3.05) is 6.54 Å². The maximum Gasteiger partial charge on any atom is 0.166 e. The standard InChI is InChI=1S/C12H11ClN4/c13-8-3-4-11-10(6-14)16-12(17(11)7-8)9-2-1-5-15-9/h3-4,7,9,15H,1-2,5H2. The van der Waals surface area contributed by atoms with Crippen LogP contribution in [0.5, 0.6) is 0 Å². The first-order valence-electron chi connectivity index (χ1n) is 5.60. The highest BCUT2D eigenvalue weighted by Gasteiger charge is 2.22. The van der Waals surface area contributed by atoms with Gasteiger partial charge >= 0.3 is 0 Å². The first-order valence-corrected chi connectivity index (χ1v) is 5.98. The molecule has 3 heterocycles. The van der Waals surface area contributed by atoms with E-state index in [1.165, 1.54) is 0 Å². The molecule has 5 heteroatoms. The summed E-state index contributed by atoms with van der Waals surface area (Å²) in [5.74, 6) is 0.886. The van der Waals surface area contributed by atoms with Gasteiger partial charge in [0.05, 0.1) is 16.6 Å². The summed E-state index contributed by atoms with van der Waals surface area (Å²) < 4.78 is 1.92. The smallest absolute Gasteiger partial charge is 0.166 e. The molecule has 0 amide bonds. The second-order valence-corrected chi connectivity index (χ2v) is 4.62. The number of nitrogens with one attached hydrogen (secondary N) is 1. The zero-order chi connectivity index (χ0) is 11.8. The first-order chi connectivity index (χ1) is 8.29. The van der Waals surface area contributed by atoms with Crippen LogP contribution in [0.1, 0.15) is 30.4 Å². The van der Waals surface area contributed by atoms with E-state index in [4.69, 9.17) is 16.9 Å². The van der Waals surface area contributed by atoms with Crippen LogP contribution in [0.25, 0.3) is 5.52 Å². The summed E-state index contributed by atoms with van der Waals surface area (Å²) in [6, 6.07) is 5.98. The molecular formula is C12H11ClN4. The Labute approximate surface area is 104 Å². The Morgan fingerprint density at radius 1 is 1.53 bits per heavy atom. The maximum atomic E-state index is 9.08. The monoisotopic (exact) mass is 246 g/mol. The highest BCUT2D eigenvalue weighted by Crippen LogP contribution is 2.25. The minimum Gasteiger partial charge on any atom is -0.307 e. The van der Waals surface area contributed by atoms with Crippen LogP contribution < -0.4 is 5.32 Å². The number of aromatic nitrogens is 2. The zero-order valence-electron chi connectivity index (χ0n) is 9.15. The number of rotatable bonds is 1. The third-order valence-corrected chi connectivity index (χ3v) is 3.33. The van der Waals surface area contributed by atoms with Crippen LogP contribution >= 0.6 is 11.6 Å². The number of imidazole rings is 1. The van der Waals surface area contributed by atoms with Gasteiger partial charge in [-0.25, -0.2) is 4.98 Å². The summed E-state index contributed by atoms with van der Waals surface area (Å²) in [7, 11) is 0. The van der Waals surface area contributed by atoms with Crippen molar-refractivity contribution >= 4 is 17.1 Å². The molecule has 1 N–H and O–H groups in total. The summed E-state index contributed by atoms with van der Waals surface area (Å²) in [4.78, 5) is 4.41. The van der Waals surface area contributed by atoms with Crippen LogP contribution in [-0.2, 0) is 0 Å². The van der Waals surface area contributed by atoms with Crippen molar-refractivity contribution in [3.63, 3.8) is 0 Å². The van der Waals surface area contributed by atoms with E-state index in [9.17, 15) is 0 Å². The number of halogens is 1. The Morgan fingerprint density at radius 2 is 2.41 bits per heavy atom. The highest BCUT2D eigenvalue weighted by molar-refractivity contribution is 6.30. The molecule has 3 rings (SSSR count). The number of hydrogen-bond acceptors (Lipinski definition) is 3. The Bertz CT molecular complexity index is 605. The van der Waals surface area contributed by atoms with Gasteiger partial charge in [-0.05, 0) is 31.5 Å². The summed E-state index contributed by atoms with van der Waals surface area (Å²) in [5.41, 5.74) is 1.28. The van der Waals surface area contributed by atoms with Crippen LogP contribution in [0.15, 0.2) is 18.3 Å². The Kier molecular flexibility index (Phi) is 2.50.